The minimum absolute atomic E-state index is 0.0338. The average Bonchev–Trinajstić information content (AvgIpc) is 2.00. The SMILES string of the molecule is CCC(C)OC(=O)CNC(C)C. The maximum Gasteiger partial charge on any atom is 0.320 e. The van der Waals surface area contributed by atoms with Gasteiger partial charge in [0.1, 0.15) is 0 Å². The van der Waals surface area contributed by atoms with E-state index in [0.29, 0.717) is 12.6 Å². The third-order valence-corrected chi connectivity index (χ3v) is 1.56. The summed E-state index contributed by atoms with van der Waals surface area (Å²) in [6, 6.07) is 0.328. The normalized spacial score (nSPS) is 13.1. The Bertz CT molecular complexity index is 134. The molecule has 1 atom stereocenters. The molecule has 0 aliphatic carbocycles. The maximum atomic E-state index is 11.0. The van der Waals surface area contributed by atoms with E-state index >= 15 is 0 Å². The van der Waals surface area contributed by atoms with Gasteiger partial charge in [-0.2, -0.15) is 0 Å². The molecule has 0 heterocycles. The number of hydrogen-bond acceptors (Lipinski definition) is 3. The number of hydrogen-bond donors (Lipinski definition) is 1. The summed E-state index contributed by atoms with van der Waals surface area (Å²) in [5.74, 6) is -0.168. The van der Waals surface area contributed by atoms with E-state index in [2.05, 4.69) is 5.32 Å². The molecule has 0 amide bonds. The van der Waals surface area contributed by atoms with Crippen molar-refractivity contribution in [3.63, 3.8) is 0 Å². The first-order valence-corrected chi connectivity index (χ1v) is 4.49. The maximum absolute atomic E-state index is 11.0. The van der Waals surface area contributed by atoms with Crippen LogP contribution in [0.4, 0.5) is 0 Å². The molecule has 0 bridgehead atoms. The zero-order valence-corrected chi connectivity index (χ0v) is 8.39. The molecule has 3 nitrogen and oxygen atoms in total. The second kappa shape index (κ2) is 6.00. The van der Waals surface area contributed by atoms with Crippen LogP contribution < -0.4 is 5.32 Å². The van der Waals surface area contributed by atoms with Crippen molar-refractivity contribution in [2.24, 2.45) is 0 Å². The van der Waals surface area contributed by atoms with Crippen molar-refractivity contribution >= 4 is 5.97 Å². The fourth-order valence-corrected chi connectivity index (χ4v) is 0.637. The van der Waals surface area contributed by atoms with Crippen molar-refractivity contribution in [1.82, 2.24) is 5.32 Å². The van der Waals surface area contributed by atoms with Crippen LogP contribution in [-0.2, 0) is 9.53 Å². The van der Waals surface area contributed by atoms with Crippen molar-refractivity contribution < 1.29 is 9.53 Å². The van der Waals surface area contributed by atoms with Crippen LogP contribution in [0.5, 0.6) is 0 Å². The Kier molecular flexibility index (Phi) is 5.72. The van der Waals surface area contributed by atoms with Gasteiger partial charge in [-0.05, 0) is 13.3 Å². The number of nitrogens with one attached hydrogen (secondary N) is 1. The Hall–Kier alpha value is -0.570. The molecular weight excluding hydrogens is 154 g/mol. The topological polar surface area (TPSA) is 38.3 Å². The van der Waals surface area contributed by atoms with Crippen molar-refractivity contribution in [2.75, 3.05) is 6.54 Å². The molecule has 0 radical (unpaired) electrons. The van der Waals surface area contributed by atoms with E-state index in [0.717, 1.165) is 6.42 Å². The van der Waals surface area contributed by atoms with Crippen LogP contribution in [0, 0.1) is 0 Å². The lowest BCUT2D eigenvalue weighted by Crippen LogP contribution is -2.31. The molecule has 0 fully saturated rings. The Morgan fingerprint density at radius 3 is 2.42 bits per heavy atom. The Morgan fingerprint density at radius 2 is 2.00 bits per heavy atom. The molecule has 1 unspecified atom stereocenters. The molecule has 0 saturated carbocycles. The first kappa shape index (κ1) is 11.4. The lowest BCUT2D eigenvalue weighted by atomic mass is 10.3. The molecule has 72 valence electrons. The van der Waals surface area contributed by atoms with E-state index in [4.69, 9.17) is 4.74 Å². The molecule has 0 rings (SSSR count). The van der Waals surface area contributed by atoms with E-state index in [1.807, 2.05) is 27.7 Å². The van der Waals surface area contributed by atoms with Gasteiger partial charge < -0.3 is 10.1 Å². The summed E-state index contributed by atoms with van der Waals surface area (Å²) in [5.41, 5.74) is 0. The van der Waals surface area contributed by atoms with Gasteiger partial charge in [0, 0.05) is 6.04 Å². The minimum Gasteiger partial charge on any atom is -0.462 e. The molecule has 0 aromatic heterocycles. The third-order valence-electron chi connectivity index (χ3n) is 1.56. The highest BCUT2D eigenvalue weighted by atomic mass is 16.5. The number of carbonyl (C=O) groups is 1. The van der Waals surface area contributed by atoms with Crippen LogP contribution in [0.3, 0.4) is 0 Å². The van der Waals surface area contributed by atoms with Crippen molar-refractivity contribution in [3.8, 4) is 0 Å². The zero-order chi connectivity index (χ0) is 9.56. The molecule has 3 heteroatoms. The highest BCUT2D eigenvalue weighted by Gasteiger charge is 2.06. The van der Waals surface area contributed by atoms with Crippen LogP contribution >= 0.6 is 0 Å². The van der Waals surface area contributed by atoms with E-state index in [-0.39, 0.29) is 12.1 Å². The monoisotopic (exact) mass is 173 g/mol. The van der Waals surface area contributed by atoms with Crippen LogP contribution in [0.25, 0.3) is 0 Å². The largest absolute Gasteiger partial charge is 0.462 e. The number of carbonyl (C=O) groups excluding carboxylic acids is 1. The summed E-state index contributed by atoms with van der Waals surface area (Å²) in [5, 5.41) is 3.00. The smallest absolute Gasteiger partial charge is 0.320 e. The van der Waals surface area contributed by atoms with Crippen molar-refractivity contribution in [1.29, 1.82) is 0 Å². The van der Waals surface area contributed by atoms with Gasteiger partial charge in [-0.1, -0.05) is 20.8 Å². The Morgan fingerprint density at radius 1 is 1.42 bits per heavy atom. The van der Waals surface area contributed by atoms with Gasteiger partial charge in [-0.3, -0.25) is 4.79 Å². The van der Waals surface area contributed by atoms with Gasteiger partial charge in [-0.25, -0.2) is 0 Å². The van der Waals surface area contributed by atoms with Crippen LogP contribution in [0.1, 0.15) is 34.1 Å². The van der Waals surface area contributed by atoms with E-state index in [1.54, 1.807) is 0 Å². The molecule has 0 aliphatic rings. The van der Waals surface area contributed by atoms with E-state index < -0.39 is 0 Å². The van der Waals surface area contributed by atoms with Gasteiger partial charge in [0.05, 0.1) is 12.6 Å². The molecule has 12 heavy (non-hydrogen) atoms. The molecule has 1 N–H and O–H groups in total. The van der Waals surface area contributed by atoms with E-state index in [1.165, 1.54) is 0 Å². The summed E-state index contributed by atoms with van der Waals surface area (Å²) in [4.78, 5) is 11.0. The number of rotatable bonds is 5. The Balaban J connectivity index is 3.46. The number of ether oxygens (including phenoxy) is 1. The van der Waals surface area contributed by atoms with Gasteiger partial charge in [0.15, 0.2) is 0 Å². The fraction of sp³-hybridized carbons (Fsp3) is 0.889. The predicted octanol–water partition coefficient (Wildman–Crippen LogP) is 1.33. The summed E-state index contributed by atoms with van der Waals surface area (Å²) in [7, 11) is 0. The summed E-state index contributed by atoms with van der Waals surface area (Å²) < 4.78 is 5.05. The summed E-state index contributed by atoms with van der Waals surface area (Å²) >= 11 is 0. The van der Waals surface area contributed by atoms with Crippen LogP contribution in [0.2, 0.25) is 0 Å². The first-order chi connectivity index (χ1) is 5.56. The molecule has 0 saturated heterocycles. The van der Waals surface area contributed by atoms with Gasteiger partial charge in [0.2, 0.25) is 0 Å². The highest BCUT2D eigenvalue weighted by molar-refractivity contribution is 5.71. The zero-order valence-electron chi connectivity index (χ0n) is 8.39. The fourth-order valence-electron chi connectivity index (χ4n) is 0.637. The second-order valence-electron chi connectivity index (χ2n) is 3.24. The summed E-state index contributed by atoms with van der Waals surface area (Å²) in [6.45, 7) is 8.19. The Labute approximate surface area is 74.5 Å². The van der Waals surface area contributed by atoms with Gasteiger partial charge >= 0.3 is 5.97 Å². The molecule has 0 aliphatic heterocycles. The quantitative estimate of drug-likeness (QED) is 0.637. The molecule has 0 aromatic rings. The first-order valence-electron chi connectivity index (χ1n) is 4.49. The lowest BCUT2D eigenvalue weighted by Gasteiger charge is -2.12. The van der Waals surface area contributed by atoms with Gasteiger partial charge in [-0.15, -0.1) is 0 Å². The average molecular weight is 173 g/mol. The lowest BCUT2D eigenvalue weighted by molar-refractivity contribution is -0.147. The van der Waals surface area contributed by atoms with Gasteiger partial charge in [0.25, 0.3) is 0 Å². The molecule has 0 aromatic carbocycles. The van der Waals surface area contributed by atoms with Crippen LogP contribution in [-0.4, -0.2) is 24.7 Å². The highest BCUT2D eigenvalue weighted by Crippen LogP contribution is 1.95. The molecular formula is C9H19NO2. The van der Waals surface area contributed by atoms with Crippen LogP contribution in [0.15, 0.2) is 0 Å². The van der Waals surface area contributed by atoms with Crippen molar-refractivity contribution in [2.45, 2.75) is 46.3 Å². The molecule has 0 spiro atoms. The number of esters is 1. The predicted molar refractivity (Wildman–Crippen MR) is 49.0 cm³/mol. The summed E-state index contributed by atoms with van der Waals surface area (Å²) in [6.07, 6.45) is 0.902. The standard InChI is InChI=1S/C9H19NO2/c1-5-8(4)12-9(11)6-10-7(2)3/h7-8,10H,5-6H2,1-4H3. The minimum atomic E-state index is -0.168. The second-order valence-corrected chi connectivity index (χ2v) is 3.24. The van der Waals surface area contributed by atoms with Crippen molar-refractivity contribution in [3.05, 3.63) is 0 Å². The van der Waals surface area contributed by atoms with E-state index in [9.17, 15) is 4.79 Å². The third kappa shape index (κ3) is 6.16.